The Morgan fingerprint density at radius 2 is 1.84 bits per heavy atom. The first-order chi connectivity index (χ1) is 8.91. The van der Waals surface area contributed by atoms with Crippen molar-refractivity contribution in [2.75, 3.05) is 14.2 Å². The summed E-state index contributed by atoms with van der Waals surface area (Å²) in [6.07, 6.45) is 0.571. The summed E-state index contributed by atoms with van der Waals surface area (Å²) in [6.45, 7) is 5.88. The Kier molecular flexibility index (Phi) is 5.36. The topological polar surface area (TPSA) is 47.6 Å². The Morgan fingerprint density at radius 3 is 2.26 bits per heavy atom. The molecule has 0 heterocycles. The molecule has 0 saturated carbocycles. The molecule has 1 rings (SSSR count). The molecular formula is C15H23NO3. The number of hydrogen-bond acceptors (Lipinski definition) is 4. The number of rotatable bonds is 6. The Balaban J connectivity index is 2.90. The smallest absolute Gasteiger partial charge is 0.326 e. The van der Waals surface area contributed by atoms with Gasteiger partial charge >= 0.3 is 5.97 Å². The molecule has 1 N–H and O–H groups in total. The minimum atomic E-state index is -0.725. The summed E-state index contributed by atoms with van der Waals surface area (Å²) in [5.41, 5.74) is 0.333. The van der Waals surface area contributed by atoms with Crippen LogP contribution in [0.2, 0.25) is 0 Å². The fraction of sp³-hybridized carbons (Fsp3) is 0.533. The molecule has 0 aromatic heterocycles. The standard InChI is InChI=1S/C15H23NO3/c1-11(2)16-15(3,14(17)19-5)10-12-6-8-13(18-4)9-7-12/h6-9,11,16H,10H2,1-5H3. The van der Waals surface area contributed by atoms with Crippen LogP contribution in [0.3, 0.4) is 0 Å². The van der Waals surface area contributed by atoms with E-state index in [0.29, 0.717) is 6.42 Å². The van der Waals surface area contributed by atoms with E-state index in [0.717, 1.165) is 11.3 Å². The highest BCUT2D eigenvalue weighted by Crippen LogP contribution is 2.19. The zero-order chi connectivity index (χ0) is 14.5. The SMILES string of the molecule is COC(=O)C(C)(Cc1ccc(OC)cc1)NC(C)C. The van der Waals surface area contributed by atoms with E-state index in [-0.39, 0.29) is 12.0 Å². The highest BCUT2D eigenvalue weighted by molar-refractivity contribution is 5.80. The van der Waals surface area contributed by atoms with Crippen LogP contribution >= 0.6 is 0 Å². The molecule has 1 unspecified atom stereocenters. The van der Waals surface area contributed by atoms with Crippen molar-refractivity contribution in [3.63, 3.8) is 0 Å². The maximum absolute atomic E-state index is 12.0. The van der Waals surface area contributed by atoms with Gasteiger partial charge in [0, 0.05) is 12.5 Å². The van der Waals surface area contributed by atoms with Gasteiger partial charge < -0.3 is 9.47 Å². The van der Waals surface area contributed by atoms with E-state index in [1.807, 2.05) is 45.0 Å². The van der Waals surface area contributed by atoms with Gasteiger partial charge in [0.05, 0.1) is 14.2 Å². The molecule has 0 amide bonds. The van der Waals surface area contributed by atoms with Crippen molar-refractivity contribution in [2.24, 2.45) is 0 Å². The van der Waals surface area contributed by atoms with Crippen LogP contribution in [0.15, 0.2) is 24.3 Å². The predicted octanol–water partition coefficient (Wildman–Crippen LogP) is 2.17. The van der Waals surface area contributed by atoms with Crippen molar-refractivity contribution in [3.05, 3.63) is 29.8 Å². The third-order valence-corrected chi connectivity index (χ3v) is 2.96. The maximum Gasteiger partial charge on any atom is 0.326 e. The normalized spacial score (nSPS) is 14.0. The van der Waals surface area contributed by atoms with E-state index in [4.69, 9.17) is 9.47 Å². The predicted molar refractivity (Wildman–Crippen MR) is 75.4 cm³/mol. The number of nitrogens with one attached hydrogen (secondary N) is 1. The summed E-state index contributed by atoms with van der Waals surface area (Å²) in [6, 6.07) is 7.90. The molecule has 0 spiro atoms. The molecule has 4 nitrogen and oxygen atoms in total. The quantitative estimate of drug-likeness (QED) is 0.801. The van der Waals surface area contributed by atoms with Crippen molar-refractivity contribution >= 4 is 5.97 Å². The summed E-state index contributed by atoms with van der Waals surface area (Å²) in [7, 11) is 3.05. The molecule has 1 atom stereocenters. The average Bonchev–Trinajstić information content (AvgIpc) is 2.37. The zero-order valence-electron chi connectivity index (χ0n) is 12.3. The minimum Gasteiger partial charge on any atom is -0.497 e. The van der Waals surface area contributed by atoms with Gasteiger partial charge in [-0.15, -0.1) is 0 Å². The molecule has 0 bridgehead atoms. The number of esters is 1. The second kappa shape index (κ2) is 6.57. The molecule has 0 saturated heterocycles. The van der Waals surface area contributed by atoms with Crippen LogP contribution in [0.4, 0.5) is 0 Å². The lowest BCUT2D eigenvalue weighted by molar-refractivity contribution is -0.148. The first-order valence-electron chi connectivity index (χ1n) is 6.40. The van der Waals surface area contributed by atoms with Gasteiger partial charge in [-0.25, -0.2) is 0 Å². The van der Waals surface area contributed by atoms with Gasteiger partial charge in [0.25, 0.3) is 0 Å². The van der Waals surface area contributed by atoms with E-state index in [9.17, 15) is 4.79 Å². The molecule has 1 aromatic rings. The van der Waals surface area contributed by atoms with Crippen molar-refractivity contribution in [2.45, 2.75) is 38.8 Å². The fourth-order valence-electron chi connectivity index (χ4n) is 2.20. The first-order valence-corrected chi connectivity index (χ1v) is 6.40. The number of carbonyl (C=O) groups excluding carboxylic acids is 1. The number of carbonyl (C=O) groups is 1. The Bertz CT molecular complexity index is 414. The van der Waals surface area contributed by atoms with Crippen LogP contribution < -0.4 is 10.1 Å². The van der Waals surface area contributed by atoms with Gasteiger partial charge in [0.2, 0.25) is 0 Å². The second-order valence-corrected chi connectivity index (χ2v) is 5.15. The van der Waals surface area contributed by atoms with Crippen LogP contribution in [0.1, 0.15) is 26.3 Å². The molecule has 106 valence electrons. The summed E-state index contributed by atoms with van der Waals surface area (Å²) < 4.78 is 10.0. The molecule has 0 aliphatic carbocycles. The second-order valence-electron chi connectivity index (χ2n) is 5.15. The summed E-state index contributed by atoms with van der Waals surface area (Å²) in [5, 5.41) is 3.28. The van der Waals surface area contributed by atoms with Gasteiger partial charge in [0.1, 0.15) is 11.3 Å². The maximum atomic E-state index is 12.0. The number of methoxy groups -OCH3 is 2. The van der Waals surface area contributed by atoms with Gasteiger partial charge in [0.15, 0.2) is 0 Å². The molecule has 0 aliphatic rings. The molecule has 0 fully saturated rings. The number of hydrogen-bond donors (Lipinski definition) is 1. The zero-order valence-corrected chi connectivity index (χ0v) is 12.3. The van der Waals surface area contributed by atoms with Gasteiger partial charge in [-0.2, -0.15) is 0 Å². The average molecular weight is 265 g/mol. The Labute approximate surface area is 115 Å². The third-order valence-electron chi connectivity index (χ3n) is 2.96. The van der Waals surface area contributed by atoms with Crippen molar-refractivity contribution in [1.29, 1.82) is 0 Å². The van der Waals surface area contributed by atoms with Gasteiger partial charge in [-0.05, 0) is 38.5 Å². The Morgan fingerprint density at radius 1 is 1.26 bits per heavy atom. The molecule has 0 radical (unpaired) electrons. The van der Waals surface area contributed by atoms with Crippen molar-refractivity contribution in [1.82, 2.24) is 5.32 Å². The Hall–Kier alpha value is -1.55. The van der Waals surface area contributed by atoms with Crippen LogP contribution in [0.5, 0.6) is 5.75 Å². The molecule has 19 heavy (non-hydrogen) atoms. The van der Waals surface area contributed by atoms with Crippen molar-refractivity contribution < 1.29 is 14.3 Å². The minimum absolute atomic E-state index is 0.197. The van der Waals surface area contributed by atoms with Crippen LogP contribution in [0.25, 0.3) is 0 Å². The monoisotopic (exact) mass is 265 g/mol. The van der Waals surface area contributed by atoms with Gasteiger partial charge in [-0.1, -0.05) is 12.1 Å². The fourth-order valence-corrected chi connectivity index (χ4v) is 2.20. The van der Waals surface area contributed by atoms with Crippen molar-refractivity contribution in [3.8, 4) is 5.75 Å². The number of benzene rings is 1. The van der Waals surface area contributed by atoms with Crippen LogP contribution in [0, 0.1) is 0 Å². The molecule has 1 aromatic carbocycles. The largest absolute Gasteiger partial charge is 0.497 e. The lowest BCUT2D eigenvalue weighted by atomic mass is 9.92. The summed E-state index contributed by atoms with van der Waals surface area (Å²) >= 11 is 0. The molecule has 4 heteroatoms. The number of ether oxygens (including phenoxy) is 2. The lowest BCUT2D eigenvalue weighted by Gasteiger charge is -2.30. The molecule has 0 aliphatic heterocycles. The molecular weight excluding hydrogens is 242 g/mol. The van der Waals surface area contributed by atoms with Crippen LogP contribution in [-0.2, 0) is 16.0 Å². The highest BCUT2D eigenvalue weighted by Gasteiger charge is 2.34. The van der Waals surface area contributed by atoms with E-state index < -0.39 is 5.54 Å². The lowest BCUT2D eigenvalue weighted by Crippen LogP contribution is -2.54. The van der Waals surface area contributed by atoms with Gasteiger partial charge in [-0.3, -0.25) is 10.1 Å². The highest BCUT2D eigenvalue weighted by atomic mass is 16.5. The first kappa shape index (κ1) is 15.5. The van der Waals surface area contributed by atoms with Crippen LogP contribution in [-0.4, -0.2) is 31.8 Å². The van der Waals surface area contributed by atoms with E-state index >= 15 is 0 Å². The summed E-state index contributed by atoms with van der Waals surface area (Å²) in [4.78, 5) is 12.0. The summed E-state index contributed by atoms with van der Waals surface area (Å²) in [5.74, 6) is 0.553. The van der Waals surface area contributed by atoms with E-state index in [2.05, 4.69) is 5.32 Å². The third kappa shape index (κ3) is 4.24. The van der Waals surface area contributed by atoms with E-state index in [1.165, 1.54) is 7.11 Å². The van der Waals surface area contributed by atoms with E-state index in [1.54, 1.807) is 7.11 Å².